The van der Waals surface area contributed by atoms with Crippen molar-refractivity contribution in [3.05, 3.63) is 41.3 Å². The van der Waals surface area contributed by atoms with E-state index >= 15 is 0 Å². The molecule has 190 valence electrons. The van der Waals surface area contributed by atoms with Crippen LogP contribution in [0.2, 0.25) is 0 Å². The second kappa shape index (κ2) is 9.48. The van der Waals surface area contributed by atoms with Gasteiger partial charge in [0.25, 0.3) is 12.3 Å². The van der Waals surface area contributed by atoms with E-state index in [0.29, 0.717) is 64.9 Å². The van der Waals surface area contributed by atoms with E-state index in [1.165, 1.54) is 25.4 Å². The van der Waals surface area contributed by atoms with Crippen LogP contribution in [0, 0.1) is 18.8 Å². The number of aryl methyl sites for hydroxylation is 1. The number of ether oxygens (including phenoxy) is 1. The lowest BCUT2D eigenvalue weighted by molar-refractivity contribution is -0.127. The predicted molar refractivity (Wildman–Crippen MR) is 130 cm³/mol. The first-order valence-corrected chi connectivity index (χ1v) is 12.2. The van der Waals surface area contributed by atoms with Crippen molar-refractivity contribution in [2.75, 3.05) is 19.7 Å². The van der Waals surface area contributed by atoms with Gasteiger partial charge >= 0.3 is 0 Å². The lowest BCUT2D eigenvalue weighted by Crippen LogP contribution is -2.40. The van der Waals surface area contributed by atoms with E-state index in [1.807, 2.05) is 6.92 Å². The summed E-state index contributed by atoms with van der Waals surface area (Å²) < 4.78 is 33.1. The Balaban J connectivity index is 1.51. The fourth-order valence-electron chi connectivity index (χ4n) is 4.74. The van der Waals surface area contributed by atoms with Crippen LogP contribution in [0.15, 0.2) is 24.5 Å². The summed E-state index contributed by atoms with van der Waals surface area (Å²) in [6.45, 7) is 6.83. The summed E-state index contributed by atoms with van der Waals surface area (Å²) in [6, 6.07) is 4.12. The Morgan fingerprint density at radius 1 is 1.25 bits per heavy atom. The number of benzene rings is 1. The monoisotopic (exact) mass is 497 g/mol. The number of rotatable bonds is 7. The summed E-state index contributed by atoms with van der Waals surface area (Å²) in [7, 11) is 0. The molecule has 2 aromatic heterocycles. The number of alkyl halides is 2. The average Bonchev–Trinajstić information content (AvgIpc) is 3.50. The van der Waals surface area contributed by atoms with Crippen LogP contribution in [0.4, 0.5) is 8.78 Å². The molecule has 2 unspecified atom stereocenters. The number of aromatic nitrogens is 3. The number of fused-ring (bicyclic) bond motifs is 1. The quantitative estimate of drug-likeness (QED) is 0.508. The number of carbonyl (C=O) groups is 2. The van der Waals surface area contributed by atoms with Gasteiger partial charge in [0.1, 0.15) is 23.3 Å². The smallest absolute Gasteiger partial charge is 0.263 e. The highest BCUT2D eigenvalue weighted by Crippen LogP contribution is 2.38. The SMILES string of the molecule is CC(=O)N1CC(C)C(NC(=O)c2c(C)[nH]c3c(-c4cc(C(F)F)ccc4OCC4CC4)ncnc23)C1. The maximum absolute atomic E-state index is 13.6. The molecule has 1 aliphatic heterocycles. The first kappa shape index (κ1) is 24.1. The Morgan fingerprint density at radius 2 is 2.03 bits per heavy atom. The van der Waals surface area contributed by atoms with Crippen molar-refractivity contribution in [3.8, 4) is 17.0 Å². The predicted octanol–water partition coefficient (Wildman–Crippen LogP) is 4.26. The number of likely N-dealkylation sites (tertiary alicyclic amines) is 1. The van der Waals surface area contributed by atoms with E-state index in [9.17, 15) is 18.4 Å². The van der Waals surface area contributed by atoms with Crippen LogP contribution in [0.25, 0.3) is 22.3 Å². The zero-order valence-electron chi connectivity index (χ0n) is 20.5. The molecule has 1 saturated heterocycles. The maximum atomic E-state index is 13.6. The summed E-state index contributed by atoms with van der Waals surface area (Å²) in [4.78, 5) is 38.8. The Hall–Kier alpha value is -3.56. The van der Waals surface area contributed by atoms with Crippen LogP contribution in [0.3, 0.4) is 0 Å². The molecule has 0 radical (unpaired) electrons. The molecule has 2 fully saturated rings. The Morgan fingerprint density at radius 3 is 2.69 bits per heavy atom. The molecule has 0 spiro atoms. The van der Waals surface area contributed by atoms with E-state index < -0.39 is 6.43 Å². The molecule has 2 atom stereocenters. The third-order valence-corrected chi connectivity index (χ3v) is 7.05. The van der Waals surface area contributed by atoms with Crippen LogP contribution in [-0.4, -0.2) is 57.4 Å². The van der Waals surface area contributed by atoms with Crippen molar-refractivity contribution in [1.82, 2.24) is 25.2 Å². The van der Waals surface area contributed by atoms with Gasteiger partial charge in [-0.3, -0.25) is 9.59 Å². The lowest BCUT2D eigenvalue weighted by atomic mass is 10.0. The summed E-state index contributed by atoms with van der Waals surface area (Å²) in [6.07, 6.45) is 0.880. The molecule has 1 aromatic carbocycles. The van der Waals surface area contributed by atoms with E-state index in [0.717, 1.165) is 12.8 Å². The molecule has 2 aliphatic rings. The number of halogens is 2. The molecular weight excluding hydrogens is 468 g/mol. The standard InChI is InChI=1S/C26H29F2N5O3/c1-13-9-33(15(3)34)10-19(13)32-26(35)21-14(2)31-24-22(29-12-30-23(21)24)18-8-17(25(27)28)6-7-20(18)36-11-16-4-5-16/h6-8,12-13,16,19,25,31H,4-5,9-11H2,1-3H3,(H,32,35). The second-order valence-electron chi connectivity index (χ2n) is 9.86. The number of hydrogen-bond donors (Lipinski definition) is 2. The molecule has 36 heavy (non-hydrogen) atoms. The lowest BCUT2D eigenvalue weighted by Gasteiger charge is -2.16. The minimum Gasteiger partial charge on any atom is -0.493 e. The van der Waals surface area contributed by atoms with Gasteiger partial charge in [0.05, 0.1) is 23.7 Å². The summed E-state index contributed by atoms with van der Waals surface area (Å²) in [5.74, 6) is 0.727. The highest BCUT2D eigenvalue weighted by atomic mass is 19.3. The number of nitrogens with zero attached hydrogens (tertiary/aromatic N) is 3. The largest absolute Gasteiger partial charge is 0.493 e. The molecule has 1 saturated carbocycles. The fraction of sp³-hybridized carbons (Fsp3) is 0.462. The molecule has 3 heterocycles. The van der Waals surface area contributed by atoms with Crippen molar-refractivity contribution in [3.63, 3.8) is 0 Å². The first-order chi connectivity index (χ1) is 17.2. The van der Waals surface area contributed by atoms with Gasteiger partial charge in [-0.1, -0.05) is 6.92 Å². The molecule has 2 amide bonds. The number of H-pyrrole nitrogens is 1. The average molecular weight is 498 g/mol. The van der Waals surface area contributed by atoms with E-state index in [2.05, 4.69) is 20.3 Å². The molecule has 1 aliphatic carbocycles. The Labute approximate surface area is 207 Å². The third kappa shape index (κ3) is 4.64. The Bertz CT molecular complexity index is 1320. The van der Waals surface area contributed by atoms with Gasteiger partial charge in [-0.2, -0.15) is 0 Å². The first-order valence-electron chi connectivity index (χ1n) is 12.2. The van der Waals surface area contributed by atoms with Crippen molar-refractivity contribution >= 4 is 22.8 Å². The molecule has 0 bridgehead atoms. The van der Waals surface area contributed by atoms with Crippen LogP contribution in [0.1, 0.15) is 54.7 Å². The molecule has 10 heteroatoms. The third-order valence-electron chi connectivity index (χ3n) is 7.05. The minimum atomic E-state index is -2.65. The number of hydrogen-bond acceptors (Lipinski definition) is 5. The van der Waals surface area contributed by atoms with Gasteiger partial charge in [-0.15, -0.1) is 0 Å². The van der Waals surface area contributed by atoms with Gasteiger partial charge < -0.3 is 19.9 Å². The molecule has 8 nitrogen and oxygen atoms in total. The fourth-order valence-corrected chi connectivity index (χ4v) is 4.74. The van der Waals surface area contributed by atoms with Crippen LogP contribution >= 0.6 is 0 Å². The highest BCUT2D eigenvalue weighted by molar-refractivity contribution is 6.09. The minimum absolute atomic E-state index is 0.0232. The number of nitrogens with one attached hydrogen (secondary N) is 2. The number of aromatic amines is 1. The Kier molecular flexibility index (Phi) is 6.36. The van der Waals surface area contributed by atoms with Gasteiger partial charge in [-0.05, 0) is 49.8 Å². The van der Waals surface area contributed by atoms with Gasteiger partial charge in [0.15, 0.2) is 0 Å². The summed E-state index contributed by atoms with van der Waals surface area (Å²) in [5.41, 5.74) is 2.52. The maximum Gasteiger partial charge on any atom is 0.263 e. The zero-order chi connectivity index (χ0) is 25.6. The van der Waals surface area contributed by atoms with Gasteiger partial charge in [0, 0.05) is 36.8 Å². The van der Waals surface area contributed by atoms with E-state index in [4.69, 9.17) is 4.74 Å². The van der Waals surface area contributed by atoms with Crippen molar-refractivity contribution in [2.24, 2.45) is 11.8 Å². The molecule has 5 rings (SSSR count). The van der Waals surface area contributed by atoms with Crippen molar-refractivity contribution in [2.45, 2.75) is 46.1 Å². The van der Waals surface area contributed by atoms with Crippen LogP contribution in [-0.2, 0) is 4.79 Å². The van der Waals surface area contributed by atoms with Crippen molar-refractivity contribution in [1.29, 1.82) is 0 Å². The van der Waals surface area contributed by atoms with Crippen LogP contribution < -0.4 is 10.1 Å². The molecule has 3 aromatic rings. The second-order valence-corrected chi connectivity index (χ2v) is 9.86. The topological polar surface area (TPSA) is 100 Å². The molecule has 2 N–H and O–H groups in total. The summed E-state index contributed by atoms with van der Waals surface area (Å²) in [5, 5.41) is 3.05. The normalized spacial score (nSPS) is 19.8. The van der Waals surface area contributed by atoms with Gasteiger partial charge in [-0.25, -0.2) is 18.7 Å². The van der Waals surface area contributed by atoms with E-state index in [-0.39, 0.29) is 29.3 Å². The zero-order valence-corrected chi connectivity index (χ0v) is 20.5. The summed E-state index contributed by atoms with van der Waals surface area (Å²) >= 11 is 0. The van der Waals surface area contributed by atoms with Crippen molar-refractivity contribution < 1.29 is 23.1 Å². The highest BCUT2D eigenvalue weighted by Gasteiger charge is 2.33. The van der Waals surface area contributed by atoms with E-state index in [1.54, 1.807) is 17.9 Å². The van der Waals surface area contributed by atoms with Crippen LogP contribution in [0.5, 0.6) is 5.75 Å². The molecular formula is C26H29F2N5O3. The van der Waals surface area contributed by atoms with Gasteiger partial charge in [0.2, 0.25) is 5.91 Å². The number of carbonyl (C=O) groups excluding carboxylic acids is 2. The number of amides is 2.